The second-order valence-electron chi connectivity index (χ2n) is 11.0. The number of likely N-dealkylation sites (tertiary alicyclic amines) is 1. The number of Topliss-reactive ketones (excluding diaryl/α,β-unsaturated/α-hetero) is 1. The van der Waals surface area contributed by atoms with Crippen molar-refractivity contribution >= 4 is 23.1 Å². The van der Waals surface area contributed by atoms with Crippen LogP contribution >= 0.6 is 0 Å². The van der Waals surface area contributed by atoms with E-state index in [4.69, 9.17) is 0 Å². The molecule has 184 valence electrons. The number of hydrogen-bond acceptors (Lipinski definition) is 4. The molecular weight excluding hydrogens is 437 g/mol. The minimum absolute atomic E-state index is 0.0185. The molecule has 4 atom stereocenters. The Morgan fingerprint density at radius 2 is 1.88 bits per heavy atom. The molecular formula is C26H36FN3O4+2. The number of carbonyl (C=O) groups excluding carboxylic acids is 1. The first kappa shape index (κ1) is 23.5. The van der Waals surface area contributed by atoms with Crippen LogP contribution in [0, 0.1) is 11.7 Å². The van der Waals surface area contributed by atoms with E-state index in [1.54, 1.807) is 6.20 Å². The molecule has 4 aliphatic rings. The molecule has 2 fully saturated rings. The second-order valence-corrected chi connectivity index (χ2v) is 11.0. The molecule has 0 aliphatic carbocycles. The number of ketones is 1. The Morgan fingerprint density at radius 1 is 1.18 bits per heavy atom. The molecule has 0 bridgehead atoms. The number of carboxylic acid groups (broad SMARTS) is 1. The standard InChI is InChI=1S/C26H35FN3O4/c1-16-14-28(10-9-22(16)31)23-18-8-7-17(2)30(29(3)11-5-4-6-12-29)15-20(26(33)34)25(32)19(24(18)30)13-21(23)27/h13,15-17,22,31H,4-12,14H2,1-3H3/q+1/p+1/t16-,17-,22-,30?/m0/s1. The maximum absolute atomic E-state index is 15.8. The Kier molecular flexibility index (Phi) is 5.61. The predicted molar refractivity (Wildman–Crippen MR) is 128 cm³/mol. The van der Waals surface area contributed by atoms with Crippen LogP contribution in [0.15, 0.2) is 17.8 Å². The third-order valence-corrected chi connectivity index (χ3v) is 8.97. The Hall–Kier alpha value is -2.29. The van der Waals surface area contributed by atoms with E-state index >= 15 is 4.39 Å². The highest BCUT2D eigenvalue weighted by Gasteiger charge is 2.61. The number of nitrogens with zero attached hydrogens (tertiary/aromatic N) is 3. The third-order valence-electron chi connectivity index (χ3n) is 8.97. The van der Waals surface area contributed by atoms with E-state index in [1.165, 1.54) is 6.07 Å². The van der Waals surface area contributed by atoms with E-state index in [9.17, 15) is 19.8 Å². The summed E-state index contributed by atoms with van der Waals surface area (Å²) in [5, 5.41) is 20.2. The zero-order valence-corrected chi connectivity index (χ0v) is 20.4. The van der Waals surface area contributed by atoms with Crippen molar-refractivity contribution in [3.05, 3.63) is 34.8 Å². The minimum atomic E-state index is -1.25. The van der Waals surface area contributed by atoms with Gasteiger partial charge in [-0.1, -0.05) is 6.92 Å². The molecule has 5 rings (SSSR count). The lowest BCUT2D eigenvalue weighted by atomic mass is 9.84. The summed E-state index contributed by atoms with van der Waals surface area (Å²) in [6.45, 7) is 6.97. The molecule has 1 aromatic rings. The van der Waals surface area contributed by atoms with E-state index in [0.717, 1.165) is 50.0 Å². The van der Waals surface area contributed by atoms with E-state index in [0.29, 0.717) is 36.2 Å². The summed E-state index contributed by atoms with van der Waals surface area (Å²) >= 11 is 0. The van der Waals surface area contributed by atoms with Crippen molar-refractivity contribution in [3.63, 3.8) is 0 Å². The lowest BCUT2D eigenvalue weighted by molar-refractivity contribution is -1.01. The number of benzene rings is 1. The van der Waals surface area contributed by atoms with E-state index < -0.39 is 23.7 Å². The number of piperidine rings is 2. The first-order chi connectivity index (χ1) is 16.1. The molecule has 0 aromatic heterocycles. The van der Waals surface area contributed by atoms with Crippen LogP contribution in [0.5, 0.6) is 0 Å². The predicted octanol–water partition coefficient (Wildman–Crippen LogP) is 3.39. The maximum atomic E-state index is 15.8. The van der Waals surface area contributed by atoms with Crippen molar-refractivity contribution in [2.75, 3.05) is 38.1 Å². The van der Waals surface area contributed by atoms with Gasteiger partial charge in [-0.05, 0) is 38.2 Å². The Morgan fingerprint density at radius 3 is 2.53 bits per heavy atom. The van der Waals surface area contributed by atoms with Crippen molar-refractivity contribution in [3.8, 4) is 0 Å². The Labute approximate surface area is 200 Å². The molecule has 7 nitrogen and oxygen atoms in total. The highest BCUT2D eigenvalue weighted by molar-refractivity contribution is 6.27. The maximum Gasteiger partial charge on any atom is 0.345 e. The zero-order valence-electron chi connectivity index (χ0n) is 20.4. The van der Waals surface area contributed by atoms with Gasteiger partial charge in [0.2, 0.25) is 11.5 Å². The number of carboxylic acids is 1. The average molecular weight is 474 g/mol. The minimum Gasteiger partial charge on any atom is -0.477 e. The molecule has 2 N–H and O–H groups in total. The molecule has 34 heavy (non-hydrogen) atoms. The van der Waals surface area contributed by atoms with Crippen molar-refractivity contribution in [1.82, 2.24) is 4.59 Å². The van der Waals surface area contributed by atoms with Crippen LogP contribution < -0.4 is 9.49 Å². The van der Waals surface area contributed by atoms with E-state index in [1.807, 2.05) is 11.8 Å². The summed E-state index contributed by atoms with van der Waals surface area (Å²) < 4.78 is 16.7. The van der Waals surface area contributed by atoms with Gasteiger partial charge in [-0.2, -0.15) is 4.59 Å². The quantitative estimate of drug-likeness (QED) is 0.520. The number of rotatable bonds is 3. The first-order valence-electron chi connectivity index (χ1n) is 12.6. The van der Waals surface area contributed by atoms with Gasteiger partial charge in [0.1, 0.15) is 32.0 Å². The highest BCUT2D eigenvalue weighted by atomic mass is 19.1. The van der Waals surface area contributed by atoms with Gasteiger partial charge in [0.25, 0.3) is 0 Å². The fourth-order valence-electron chi connectivity index (χ4n) is 7.08. The average Bonchev–Trinajstić information content (AvgIpc) is 2.79. The summed E-state index contributed by atoms with van der Waals surface area (Å²) in [4.78, 5) is 27.6. The molecule has 1 unspecified atom stereocenters. The molecule has 0 amide bonds. The van der Waals surface area contributed by atoms with Crippen LogP contribution in [0.3, 0.4) is 0 Å². The van der Waals surface area contributed by atoms with Gasteiger partial charge in [0.05, 0.1) is 17.4 Å². The Balaban J connectivity index is 1.79. The Bertz CT molecular complexity index is 1080. The summed E-state index contributed by atoms with van der Waals surface area (Å²) in [6, 6.07) is 1.35. The number of quaternary nitrogens is 2. The second kappa shape index (κ2) is 8.14. The third kappa shape index (κ3) is 3.18. The van der Waals surface area contributed by atoms with Gasteiger partial charge >= 0.3 is 5.97 Å². The summed E-state index contributed by atoms with van der Waals surface area (Å²) in [5.41, 5.74) is 2.14. The molecule has 0 radical (unpaired) electrons. The normalized spacial score (nSPS) is 32.7. The van der Waals surface area contributed by atoms with Crippen LogP contribution in [-0.2, 0) is 11.2 Å². The fraction of sp³-hybridized carbons (Fsp3) is 0.615. The van der Waals surface area contributed by atoms with Crippen molar-refractivity contribution < 1.29 is 28.8 Å². The monoisotopic (exact) mass is 473 g/mol. The lowest BCUT2D eigenvalue weighted by Crippen LogP contribution is -2.76. The van der Waals surface area contributed by atoms with Crippen molar-refractivity contribution in [2.24, 2.45) is 5.92 Å². The fourth-order valence-corrected chi connectivity index (χ4v) is 7.08. The number of aliphatic hydroxyl groups is 1. The van der Waals surface area contributed by atoms with Gasteiger partial charge < -0.3 is 15.1 Å². The van der Waals surface area contributed by atoms with Crippen LogP contribution in [-0.4, -0.2) is 71.9 Å². The SMILES string of the molecule is C[C@H]1CN(c2c(F)cc3c4c2CC[C@H](C)[N+]4([N+]2(C)CCCCC2)C=C(C(=O)O)C3=O)CC[C@@H]1O. The number of anilines is 1. The number of halogens is 1. The summed E-state index contributed by atoms with van der Waals surface area (Å²) in [5.74, 6) is -2.29. The van der Waals surface area contributed by atoms with Gasteiger partial charge in [0.15, 0.2) is 11.8 Å². The molecule has 4 heterocycles. The smallest absolute Gasteiger partial charge is 0.345 e. The van der Waals surface area contributed by atoms with Gasteiger partial charge in [-0.25, -0.2) is 9.18 Å². The van der Waals surface area contributed by atoms with Crippen LogP contribution in [0.1, 0.15) is 61.9 Å². The van der Waals surface area contributed by atoms with Crippen LogP contribution in [0.25, 0.3) is 0 Å². The molecule has 2 saturated heterocycles. The molecule has 0 saturated carbocycles. The molecule has 0 spiro atoms. The van der Waals surface area contributed by atoms with Crippen molar-refractivity contribution in [1.29, 1.82) is 0 Å². The summed E-state index contributed by atoms with van der Waals surface area (Å²) in [7, 11) is 2.17. The molecule has 4 aliphatic heterocycles. The number of carbonyl (C=O) groups is 2. The van der Waals surface area contributed by atoms with E-state index in [2.05, 4.69) is 14.0 Å². The lowest BCUT2D eigenvalue weighted by Gasteiger charge is -2.56. The van der Waals surface area contributed by atoms with Crippen LogP contribution in [0.2, 0.25) is 0 Å². The van der Waals surface area contributed by atoms with Gasteiger partial charge in [-0.3, -0.25) is 4.79 Å². The topological polar surface area (TPSA) is 77.8 Å². The summed E-state index contributed by atoms with van der Waals surface area (Å²) in [6.07, 6.45) is 6.50. The molecule has 1 aromatic carbocycles. The van der Waals surface area contributed by atoms with Crippen LogP contribution in [0.4, 0.5) is 15.8 Å². The largest absolute Gasteiger partial charge is 0.477 e. The number of aliphatic hydroxyl groups excluding tert-OH is 1. The van der Waals surface area contributed by atoms with Gasteiger partial charge in [0, 0.05) is 37.9 Å². The number of hydrogen-bond donors (Lipinski definition) is 2. The highest BCUT2D eigenvalue weighted by Crippen LogP contribution is 2.52. The molecule has 8 heteroatoms. The van der Waals surface area contributed by atoms with Crippen molar-refractivity contribution in [2.45, 2.75) is 64.5 Å². The first-order valence-corrected chi connectivity index (χ1v) is 12.6. The number of aliphatic carboxylic acids is 1. The van der Waals surface area contributed by atoms with E-state index in [-0.39, 0.29) is 27.7 Å². The van der Waals surface area contributed by atoms with Gasteiger partial charge in [-0.15, -0.1) is 4.59 Å². The zero-order chi connectivity index (χ0) is 24.4.